The standard InChI is InChI=1S/C15H24N2O2/c1-11(16)12-6-8-17(9-7-12)10-13-4-3-5-14(19-2)15(13)18/h3-5,11-12,18H,6-10,16H2,1-2H3. The Bertz CT molecular complexity index is 413. The highest BCUT2D eigenvalue weighted by Crippen LogP contribution is 2.31. The molecular formula is C15H24N2O2. The maximum absolute atomic E-state index is 10.1. The van der Waals surface area contributed by atoms with Gasteiger partial charge in [0, 0.05) is 18.2 Å². The lowest BCUT2D eigenvalue weighted by Gasteiger charge is -2.33. The van der Waals surface area contributed by atoms with Gasteiger partial charge in [0.2, 0.25) is 0 Å². The summed E-state index contributed by atoms with van der Waals surface area (Å²) < 4.78 is 5.14. The van der Waals surface area contributed by atoms with Crippen molar-refractivity contribution >= 4 is 0 Å². The third-order valence-corrected chi connectivity index (χ3v) is 4.07. The van der Waals surface area contributed by atoms with Crippen LogP contribution < -0.4 is 10.5 Å². The van der Waals surface area contributed by atoms with Crippen molar-refractivity contribution in [2.75, 3.05) is 20.2 Å². The first-order chi connectivity index (χ1) is 9.11. The van der Waals surface area contributed by atoms with Crippen molar-refractivity contribution in [3.8, 4) is 11.5 Å². The van der Waals surface area contributed by atoms with Gasteiger partial charge in [0.05, 0.1) is 7.11 Å². The van der Waals surface area contributed by atoms with E-state index in [4.69, 9.17) is 10.5 Å². The Labute approximate surface area is 115 Å². The SMILES string of the molecule is COc1cccc(CN2CCC(C(C)N)CC2)c1O. The molecule has 1 atom stereocenters. The minimum atomic E-state index is 0.263. The zero-order chi connectivity index (χ0) is 13.8. The minimum absolute atomic E-state index is 0.263. The molecule has 0 aromatic heterocycles. The van der Waals surface area contributed by atoms with Gasteiger partial charge >= 0.3 is 0 Å². The van der Waals surface area contributed by atoms with Gasteiger partial charge < -0.3 is 15.6 Å². The lowest BCUT2D eigenvalue weighted by molar-refractivity contribution is 0.164. The highest BCUT2D eigenvalue weighted by atomic mass is 16.5. The molecule has 1 aliphatic heterocycles. The molecule has 1 saturated heterocycles. The molecule has 0 saturated carbocycles. The molecule has 1 aromatic carbocycles. The first-order valence-electron chi connectivity index (χ1n) is 6.94. The van der Waals surface area contributed by atoms with Crippen LogP contribution in [0, 0.1) is 5.92 Å². The summed E-state index contributed by atoms with van der Waals surface area (Å²) in [5.41, 5.74) is 6.88. The number of benzene rings is 1. The molecule has 1 aromatic rings. The lowest BCUT2D eigenvalue weighted by Crippen LogP contribution is -2.39. The molecular weight excluding hydrogens is 240 g/mol. The molecule has 106 valence electrons. The lowest BCUT2D eigenvalue weighted by atomic mass is 9.91. The summed E-state index contributed by atoms with van der Waals surface area (Å²) in [4.78, 5) is 2.37. The van der Waals surface area contributed by atoms with Crippen molar-refractivity contribution in [3.05, 3.63) is 23.8 Å². The highest BCUT2D eigenvalue weighted by molar-refractivity contribution is 5.45. The number of phenolic OH excluding ortho intramolecular Hbond substituents is 1. The second kappa shape index (κ2) is 6.26. The number of hydrogen-bond donors (Lipinski definition) is 2. The van der Waals surface area contributed by atoms with Crippen LogP contribution in [0.1, 0.15) is 25.3 Å². The van der Waals surface area contributed by atoms with E-state index in [1.807, 2.05) is 12.1 Å². The van der Waals surface area contributed by atoms with E-state index >= 15 is 0 Å². The first-order valence-corrected chi connectivity index (χ1v) is 6.94. The number of aromatic hydroxyl groups is 1. The number of methoxy groups -OCH3 is 1. The van der Waals surface area contributed by atoms with Crippen LogP contribution in [0.15, 0.2) is 18.2 Å². The fourth-order valence-corrected chi connectivity index (χ4v) is 2.74. The Morgan fingerprint density at radius 1 is 1.42 bits per heavy atom. The quantitative estimate of drug-likeness (QED) is 0.873. The smallest absolute Gasteiger partial charge is 0.162 e. The van der Waals surface area contributed by atoms with Gasteiger partial charge in [-0.2, -0.15) is 0 Å². The zero-order valence-electron chi connectivity index (χ0n) is 11.8. The Kier molecular flexibility index (Phi) is 4.66. The summed E-state index contributed by atoms with van der Waals surface area (Å²) >= 11 is 0. The van der Waals surface area contributed by atoms with Gasteiger partial charge in [0.15, 0.2) is 11.5 Å². The predicted molar refractivity (Wildman–Crippen MR) is 76.3 cm³/mol. The van der Waals surface area contributed by atoms with E-state index in [-0.39, 0.29) is 11.8 Å². The van der Waals surface area contributed by atoms with Crippen LogP contribution in [-0.2, 0) is 6.54 Å². The molecule has 4 heteroatoms. The van der Waals surface area contributed by atoms with Crippen molar-refractivity contribution in [2.45, 2.75) is 32.4 Å². The molecule has 2 rings (SSSR count). The molecule has 1 aliphatic rings. The maximum Gasteiger partial charge on any atom is 0.162 e. The minimum Gasteiger partial charge on any atom is -0.504 e. The van der Waals surface area contributed by atoms with Gasteiger partial charge in [-0.15, -0.1) is 0 Å². The van der Waals surface area contributed by atoms with E-state index in [1.165, 1.54) is 0 Å². The monoisotopic (exact) mass is 264 g/mol. The normalized spacial score (nSPS) is 19.3. The molecule has 1 unspecified atom stereocenters. The van der Waals surface area contributed by atoms with Crippen molar-refractivity contribution < 1.29 is 9.84 Å². The highest BCUT2D eigenvalue weighted by Gasteiger charge is 2.22. The summed E-state index contributed by atoms with van der Waals surface area (Å²) in [5, 5.41) is 10.1. The summed E-state index contributed by atoms with van der Waals surface area (Å²) in [5.74, 6) is 1.44. The van der Waals surface area contributed by atoms with E-state index in [1.54, 1.807) is 13.2 Å². The first kappa shape index (κ1) is 14.2. The Balaban J connectivity index is 1.96. The average Bonchev–Trinajstić information content (AvgIpc) is 2.42. The van der Waals surface area contributed by atoms with Crippen molar-refractivity contribution in [3.63, 3.8) is 0 Å². The van der Waals surface area contributed by atoms with E-state index in [2.05, 4.69) is 11.8 Å². The van der Waals surface area contributed by atoms with Gasteiger partial charge in [0.25, 0.3) is 0 Å². The number of nitrogens with zero attached hydrogens (tertiary/aromatic N) is 1. The molecule has 1 fully saturated rings. The van der Waals surface area contributed by atoms with Crippen LogP contribution in [0.25, 0.3) is 0 Å². The van der Waals surface area contributed by atoms with E-state index in [9.17, 15) is 5.11 Å². The molecule has 0 spiro atoms. The van der Waals surface area contributed by atoms with Crippen LogP contribution in [0.4, 0.5) is 0 Å². The molecule has 4 nitrogen and oxygen atoms in total. The fraction of sp³-hybridized carbons (Fsp3) is 0.600. The largest absolute Gasteiger partial charge is 0.504 e. The van der Waals surface area contributed by atoms with Crippen LogP contribution in [0.5, 0.6) is 11.5 Å². The number of hydrogen-bond acceptors (Lipinski definition) is 4. The molecule has 3 N–H and O–H groups in total. The Hall–Kier alpha value is -1.26. The van der Waals surface area contributed by atoms with Gasteiger partial charge in [-0.25, -0.2) is 0 Å². The van der Waals surface area contributed by atoms with E-state index in [0.29, 0.717) is 11.7 Å². The summed E-state index contributed by atoms with van der Waals surface area (Å²) in [6.07, 6.45) is 2.28. The number of piperidine rings is 1. The van der Waals surface area contributed by atoms with Crippen LogP contribution >= 0.6 is 0 Å². The molecule has 19 heavy (non-hydrogen) atoms. The van der Waals surface area contributed by atoms with Gasteiger partial charge in [0.1, 0.15) is 0 Å². The number of phenols is 1. The summed E-state index contributed by atoms with van der Waals surface area (Å²) in [6.45, 7) is 4.95. The van der Waals surface area contributed by atoms with Crippen molar-refractivity contribution in [1.29, 1.82) is 0 Å². The zero-order valence-corrected chi connectivity index (χ0v) is 11.8. The number of likely N-dealkylation sites (tertiary alicyclic amines) is 1. The third kappa shape index (κ3) is 3.39. The maximum atomic E-state index is 10.1. The Morgan fingerprint density at radius 2 is 2.11 bits per heavy atom. The average molecular weight is 264 g/mol. The van der Waals surface area contributed by atoms with Crippen LogP contribution in [0.2, 0.25) is 0 Å². The molecule has 0 radical (unpaired) electrons. The number of para-hydroxylation sites is 1. The summed E-state index contributed by atoms with van der Waals surface area (Å²) in [7, 11) is 1.58. The molecule has 0 aliphatic carbocycles. The Morgan fingerprint density at radius 3 is 2.68 bits per heavy atom. The predicted octanol–water partition coefficient (Wildman–Crippen LogP) is 1.96. The topological polar surface area (TPSA) is 58.7 Å². The second-order valence-corrected chi connectivity index (χ2v) is 5.44. The van der Waals surface area contributed by atoms with Gasteiger partial charge in [-0.05, 0) is 44.8 Å². The van der Waals surface area contributed by atoms with E-state index in [0.717, 1.165) is 38.0 Å². The van der Waals surface area contributed by atoms with Crippen molar-refractivity contribution in [2.24, 2.45) is 11.7 Å². The number of rotatable bonds is 4. The van der Waals surface area contributed by atoms with Crippen LogP contribution in [0.3, 0.4) is 0 Å². The molecule has 0 bridgehead atoms. The molecule has 0 amide bonds. The van der Waals surface area contributed by atoms with Gasteiger partial charge in [-0.3, -0.25) is 4.90 Å². The fourth-order valence-electron chi connectivity index (χ4n) is 2.74. The number of ether oxygens (including phenoxy) is 1. The van der Waals surface area contributed by atoms with Crippen molar-refractivity contribution in [1.82, 2.24) is 4.90 Å². The summed E-state index contributed by atoms with van der Waals surface area (Å²) in [6, 6.07) is 5.94. The third-order valence-electron chi connectivity index (χ3n) is 4.07. The second-order valence-electron chi connectivity index (χ2n) is 5.44. The van der Waals surface area contributed by atoms with Gasteiger partial charge in [-0.1, -0.05) is 12.1 Å². The number of nitrogens with two attached hydrogens (primary N) is 1. The molecule has 1 heterocycles. The van der Waals surface area contributed by atoms with Crippen LogP contribution in [-0.4, -0.2) is 36.2 Å². The van der Waals surface area contributed by atoms with E-state index < -0.39 is 0 Å².